The van der Waals surface area contributed by atoms with Gasteiger partial charge in [0.1, 0.15) is 4.88 Å². The van der Waals surface area contributed by atoms with E-state index in [9.17, 15) is 4.79 Å². The number of rotatable bonds is 4. The third-order valence-corrected chi connectivity index (χ3v) is 4.10. The van der Waals surface area contributed by atoms with Gasteiger partial charge in [-0.1, -0.05) is 5.16 Å². The molecule has 0 aliphatic rings. The zero-order chi connectivity index (χ0) is 13.9. The lowest BCUT2D eigenvalue weighted by molar-refractivity contribution is 0.0434. The highest BCUT2D eigenvalue weighted by atomic mass is 32.1. The Morgan fingerprint density at radius 1 is 1.50 bits per heavy atom. The summed E-state index contributed by atoms with van der Waals surface area (Å²) in [5, 5.41) is 7.68. The summed E-state index contributed by atoms with van der Waals surface area (Å²) >= 11 is 2.79. The predicted octanol–water partition coefficient (Wildman–Crippen LogP) is 2.92. The molecular formula is C12H9N3O3S2. The zero-order valence-electron chi connectivity index (χ0n) is 10.4. The molecule has 0 aliphatic carbocycles. The quantitative estimate of drug-likeness (QED) is 0.690. The van der Waals surface area contributed by atoms with E-state index < -0.39 is 5.97 Å². The van der Waals surface area contributed by atoms with Gasteiger partial charge in [0.25, 0.3) is 5.89 Å². The summed E-state index contributed by atoms with van der Waals surface area (Å²) in [5.74, 6) is 0.327. The van der Waals surface area contributed by atoms with Crippen molar-refractivity contribution >= 4 is 28.6 Å². The molecule has 0 unspecified atom stereocenters. The Morgan fingerprint density at radius 3 is 3.10 bits per heavy atom. The van der Waals surface area contributed by atoms with Crippen molar-refractivity contribution in [3.63, 3.8) is 0 Å². The fraction of sp³-hybridized carbons (Fsp3) is 0.167. The van der Waals surface area contributed by atoms with Gasteiger partial charge in [-0.05, 0) is 18.4 Å². The Balaban J connectivity index is 1.65. The summed E-state index contributed by atoms with van der Waals surface area (Å²) in [6.45, 7) is 1.71. The second-order valence-electron chi connectivity index (χ2n) is 3.87. The summed E-state index contributed by atoms with van der Waals surface area (Å²) in [7, 11) is 0. The summed E-state index contributed by atoms with van der Waals surface area (Å²) in [5.41, 5.74) is 3.15. The van der Waals surface area contributed by atoms with Crippen molar-refractivity contribution in [2.45, 2.75) is 13.5 Å². The molecule has 0 amide bonds. The van der Waals surface area contributed by atoms with Crippen LogP contribution in [0.4, 0.5) is 0 Å². The van der Waals surface area contributed by atoms with Gasteiger partial charge in [0.15, 0.2) is 6.61 Å². The van der Waals surface area contributed by atoms with Crippen LogP contribution >= 0.6 is 22.7 Å². The number of thiazole rings is 1. The van der Waals surface area contributed by atoms with Gasteiger partial charge in [0.05, 0.1) is 11.2 Å². The van der Waals surface area contributed by atoms with Crippen molar-refractivity contribution in [3.05, 3.63) is 38.8 Å². The van der Waals surface area contributed by atoms with E-state index in [0.717, 1.165) is 5.56 Å². The number of thiophene rings is 1. The molecule has 0 fully saturated rings. The number of aromatic nitrogens is 3. The number of hydrogen-bond acceptors (Lipinski definition) is 8. The highest BCUT2D eigenvalue weighted by Gasteiger charge is 2.15. The lowest BCUT2D eigenvalue weighted by atomic mass is 10.3. The Kier molecular flexibility index (Phi) is 3.57. The second-order valence-corrected chi connectivity index (χ2v) is 5.50. The van der Waals surface area contributed by atoms with Crippen LogP contribution in [-0.2, 0) is 11.3 Å². The van der Waals surface area contributed by atoms with Crippen molar-refractivity contribution in [2.24, 2.45) is 0 Å². The Bertz CT molecular complexity index is 718. The van der Waals surface area contributed by atoms with Crippen LogP contribution in [0.2, 0.25) is 0 Å². The minimum absolute atomic E-state index is 0.0483. The average molecular weight is 307 g/mol. The molecule has 8 heteroatoms. The van der Waals surface area contributed by atoms with Crippen LogP contribution in [-0.4, -0.2) is 21.1 Å². The summed E-state index contributed by atoms with van der Waals surface area (Å²) < 4.78 is 10.2. The number of esters is 1. The number of ether oxygens (including phenoxy) is 1. The van der Waals surface area contributed by atoms with E-state index in [4.69, 9.17) is 9.26 Å². The van der Waals surface area contributed by atoms with Gasteiger partial charge in [-0.15, -0.1) is 11.3 Å². The highest BCUT2D eigenvalue weighted by molar-refractivity contribution is 7.11. The fourth-order valence-corrected chi connectivity index (χ4v) is 2.84. The maximum Gasteiger partial charge on any atom is 0.350 e. The predicted molar refractivity (Wildman–Crippen MR) is 73.6 cm³/mol. The molecule has 0 N–H and O–H groups in total. The maximum absolute atomic E-state index is 11.8. The zero-order valence-corrected chi connectivity index (χ0v) is 12.0. The summed E-state index contributed by atoms with van der Waals surface area (Å²) in [6.07, 6.45) is 0. The third-order valence-electron chi connectivity index (χ3n) is 2.51. The van der Waals surface area contributed by atoms with Crippen molar-refractivity contribution in [1.29, 1.82) is 0 Å². The smallest absolute Gasteiger partial charge is 0.350 e. The molecule has 0 spiro atoms. The van der Waals surface area contributed by atoms with Crippen LogP contribution in [0, 0.1) is 6.92 Å². The molecule has 0 radical (unpaired) electrons. The molecule has 3 heterocycles. The summed E-state index contributed by atoms with van der Waals surface area (Å²) in [6, 6.07) is 1.89. The first-order valence-electron chi connectivity index (χ1n) is 5.66. The maximum atomic E-state index is 11.8. The largest absolute Gasteiger partial charge is 0.451 e. The molecule has 0 atom stereocenters. The number of carbonyl (C=O) groups excluding carboxylic acids is 1. The van der Waals surface area contributed by atoms with Gasteiger partial charge in [-0.25, -0.2) is 9.78 Å². The highest BCUT2D eigenvalue weighted by Crippen LogP contribution is 2.19. The van der Waals surface area contributed by atoms with Gasteiger partial charge < -0.3 is 9.26 Å². The molecule has 0 aliphatic heterocycles. The Labute approximate surface area is 122 Å². The molecular weight excluding hydrogens is 298 g/mol. The van der Waals surface area contributed by atoms with E-state index >= 15 is 0 Å². The molecule has 3 aromatic rings. The monoisotopic (exact) mass is 307 g/mol. The topological polar surface area (TPSA) is 78.1 Å². The van der Waals surface area contributed by atoms with E-state index in [0.29, 0.717) is 16.4 Å². The van der Waals surface area contributed by atoms with E-state index in [2.05, 4.69) is 15.1 Å². The Hall–Kier alpha value is -2.06. The summed E-state index contributed by atoms with van der Waals surface area (Å²) in [4.78, 5) is 20.4. The number of aryl methyl sites for hydroxylation is 1. The molecule has 102 valence electrons. The normalized spacial score (nSPS) is 10.7. The van der Waals surface area contributed by atoms with Gasteiger partial charge in [-0.3, -0.25) is 0 Å². The van der Waals surface area contributed by atoms with Crippen molar-refractivity contribution < 1.29 is 14.1 Å². The lowest BCUT2D eigenvalue weighted by Crippen LogP contribution is -2.05. The Morgan fingerprint density at radius 2 is 2.40 bits per heavy atom. The van der Waals surface area contributed by atoms with E-state index in [1.807, 2.05) is 16.8 Å². The average Bonchev–Trinajstić information content (AvgIpc) is 3.16. The van der Waals surface area contributed by atoms with E-state index in [1.165, 1.54) is 11.3 Å². The van der Waals surface area contributed by atoms with Crippen molar-refractivity contribution in [2.75, 3.05) is 0 Å². The number of hydrogen-bond donors (Lipinski definition) is 0. The van der Waals surface area contributed by atoms with Crippen molar-refractivity contribution in [3.8, 4) is 11.4 Å². The van der Waals surface area contributed by atoms with Crippen molar-refractivity contribution in [1.82, 2.24) is 15.1 Å². The molecule has 20 heavy (non-hydrogen) atoms. The minimum Gasteiger partial charge on any atom is -0.451 e. The van der Waals surface area contributed by atoms with Gasteiger partial charge in [0.2, 0.25) is 5.82 Å². The minimum atomic E-state index is -0.430. The number of nitrogens with zero attached hydrogens (tertiary/aromatic N) is 3. The van der Waals surface area contributed by atoms with Crippen LogP contribution in [0.3, 0.4) is 0 Å². The third kappa shape index (κ3) is 2.61. The molecule has 0 aromatic carbocycles. The first-order chi connectivity index (χ1) is 9.74. The lowest BCUT2D eigenvalue weighted by Gasteiger charge is -1.99. The van der Waals surface area contributed by atoms with Crippen LogP contribution in [0.1, 0.15) is 21.3 Å². The molecule has 0 saturated carbocycles. The van der Waals surface area contributed by atoms with Crippen LogP contribution in [0.25, 0.3) is 11.4 Å². The molecule has 6 nitrogen and oxygen atoms in total. The fourth-order valence-electron chi connectivity index (χ4n) is 1.51. The van der Waals surface area contributed by atoms with Gasteiger partial charge in [-0.2, -0.15) is 16.3 Å². The standard InChI is InChI=1S/C12H9N3O3S2/c1-7-10(20-6-13-7)12(16)17-4-9-14-11(15-18-9)8-2-3-19-5-8/h2-3,5-6H,4H2,1H3. The number of carbonyl (C=O) groups is 1. The van der Waals surface area contributed by atoms with E-state index in [1.54, 1.807) is 23.8 Å². The van der Waals surface area contributed by atoms with Crippen LogP contribution in [0.5, 0.6) is 0 Å². The molecule has 0 saturated heterocycles. The first kappa shape index (κ1) is 12.9. The van der Waals surface area contributed by atoms with Crippen LogP contribution < -0.4 is 0 Å². The van der Waals surface area contributed by atoms with Gasteiger partial charge >= 0.3 is 5.97 Å². The second kappa shape index (κ2) is 5.51. The van der Waals surface area contributed by atoms with Gasteiger partial charge in [0, 0.05) is 10.9 Å². The molecule has 0 bridgehead atoms. The first-order valence-corrected chi connectivity index (χ1v) is 7.48. The molecule has 3 aromatic heterocycles. The van der Waals surface area contributed by atoms with Crippen LogP contribution in [0.15, 0.2) is 26.9 Å². The SMILES string of the molecule is Cc1ncsc1C(=O)OCc1nc(-c2ccsc2)no1. The van der Waals surface area contributed by atoms with E-state index in [-0.39, 0.29) is 12.5 Å². The molecule has 3 rings (SSSR count).